The summed E-state index contributed by atoms with van der Waals surface area (Å²) in [5, 5.41) is 0. The molecule has 1 heterocycles. The van der Waals surface area contributed by atoms with Crippen molar-refractivity contribution < 1.29 is 22.7 Å². The Labute approximate surface area is 95.6 Å². The van der Waals surface area contributed by atoms with E-state index < -0.39 is 35.9 Å². The van der Waals surface area contributed by atoms with Crippen LogP contribution in [0.5, 0.6) is 0 Å². The highest BCUT2D eigenvalue weighted by molar-refractivity contribution is 5.72. The van der Waals surface area contributed by atoms with Crippen LogP contribution in [0.2, 0.25) is 0 Å². The lowest BCUT2D eigenvalue weighted by Crippen LogP contribution is -2.13. The van der Waals surface area contributed by atoms with E-state index in [1.165, 1.54) is 0 Å². The van der Waals surface area contributed by atoms with E-state index in [0.717, 1.165) is 0 Å². The highest BCUT2D eigenvalue weighted by Gasteiger charge is 2.22. The summed E-state index contributed by atoms with van der Waals surface area (Å²) in [5.41, 5.74) is 3.93. The maximum atomic E-state index is 13.2. The van der Waals surface area contributed by atoms with Gasteiger partial charge in [-0.25, -0.2) is 18.2 Å². The van der Waals surface area contributed by atoms with Gasteiger partial charge in [-0.15, -0.1) is 0 Å². The minimum Gasteiger partial charge on any atom is -0.466 e. The SMILES string of the molecule is CCOC(=O)Cc1nc(N)cc(F)c1C(F)F. The van der Waals surface area contributed by atoms with E-state index in [2.05, 4.69) is 9.72 Å². The second-order valence-corrected chi connectivity index (χ2v) is 3.17. The third-order valence-corrected chi connectivity index (χ3v) is 1.94. The quantitative estimate of drug-likeness (QED) is 0.826. The van der Waals surface area contributed by atoms with Gasteiger partial charge < -0.3 is 10.5 Å². The molecule has 17 heavy (non-hydrogen) atoms. The van der Waals surface area contributed by atoms with Gasteiger partial charge in [-0.05, 0) is 6.92 Å². The summed E-state index contributed by atoms with van der Waals surface area (Å²) in [6, 6.07) is 0.691. The number of nitrogen functional groups attached to an aromatic ring is 1. The van der Waals surface area contributed by atoms with Crippen molar-refractivity contribution in [3.05, 3.63) is 23.1 Å². The second kappa shape index (κ2) is 5.51. The molecule has 0 aliphatic rings. The molecule has 1 rings (SSSR count). The van der Waals surface area contributed by atoms with E-state index in [-0.39, 0.29) is 12.4 Å². The van der Waals surface area contributed by atoms with Crippen LogP contribution >= 0.6 is 0 Å². The van der Waals surface area contributed by atoms with E-state index in [9.17, 15) is 18.0 Å². The van der Waals surface area contributed by atoms with E-state index in [1.807, 2.05) is 0 Å². The monoisotopic (exact) mass is 248 g/mol. The van der Waals surface area contributed by atoms with Gasteiger partial charge in [0.2, 0.25) is 0 Å². The van der Waals surface area contributed by atoms with Crippen LogP contribution in [-0.2, 0) is 16.0 Å². The molecule has 0 radical (unpaired) electrons. The average molecular weight is 248 g/mol. The van der Waals surface area contributed by atoms with Gasteiger partial charge >= 0.3 is 5.97 Å². The highest BCUT2D eigenvalue weighted by Crippen LogP contribution is 2.26. The molecule has 0 saturated carbocycles. The lowest BCUT2D eigenvalue weighted by molar-refractivity contribution is -0.142. The van der Waals surface area contributed by atoms with Crippen molar-refractivity contribution >= 4 is 11.8 Å². The van der Waals surface area contributed by atoms with Crippen molar-refractivity contribution in [2.75, 3.05) is 12.3 Å². The molecule has 0 atom stereocenters. The Balaban J connectivity index is 3.08. The molecule has 0 aliphatic carbocycles. The number of carbonyl (C=O) groups excluding carboxylic acids is 1. The van der Waals surface area contributed by atoms with Crippen LogP contribution in [0.1, 0.15) is 24.6 Å². The predicted octanol–water partition coefficient (Wildman–Crippen LogP) is 1.85. The number of nitrogens with zero attached hydrogens (tertiary/aromatic N) is 1. The number of pyridine rings is 1. The lowest BCUT2D eigenvalue weighted by atomic mass is 10.1. The highest BCUT2D eigenvalue weighted by atomic mass is 19.3. The summed E-state index contributed by atoms with van der Waals surface area (Å²) in [5.74, 6) is -2.19. The third kappa shape index (κ3) is 3.33. The molecule has 0 bridgehead atoms. The summed E-state index contributed by atoms with van der Waals surface area (Å²) in [6.07, 6.45) is -3.59. The number of aromatic nitrogens is 1. The lowest BCUT2D eigenvalue weighted by Gasteiger charge is -2.09. The molecule has 4 nitrogen and oxygen atoms in total. The number of hydrogen-bond donors (Lipinski definition) is 1. The fourth-order valence-electron chi connectivity index (χ4n) is 1.31. The number of anilines is 1. The first-order valence-corrected chi connectivity index (χ1v) is 4.84. The number of esters is 1. The normalized spacial score (nSPS) is 10.6. The standard InChI is InChI=1S/C10H11F3N2O2/c1-2-17-8(16)4-6-9(10(12)13)5(11)3-7(14)15-6/h3,10H,2,4H2,1H3,(H2,14,15). The molecular weight excluding hydrogens is 237 g/mol. The fourth-order valence-corrected chi connectivity index (χ4v) is 1.31. The molecule has 0 amide bonds. The van der Waals surface area contributed by atoms with E-state index in [0.29, 0.717) is 6.07 Å². The van der Waals surface area contributed by atoms with Crippen molar-refractivity contribution in [2.24, 2.45) is 0 Å². The molecule has 94 valence electrons. The van der Waals surface area contributed by atoms with Gasteiger partial charge in [-0.1, -0.05) is 0 Å². The summed E-state index contributed by atoms with van der Waals surface area (Å²) in [6.45, 7) is 1.67. The molecule has 0 aromatic carbocycles. The molecule has 1 aromatic heterocycles. The maximum Gasteiger partial charge on any atom is 0.311 e. The van der Waals surface area contributed by atoms with Gasteiger partial charge in [0.05, 0.1) is 24.3 Å². The molecule has 1 aromatic rings. The minimum absolute atomic E-state index is 0.105. The molecule has 0 aliphatic heterocycles. The van der Waals surface area contributed by atoms with Gasteiger partial charge in [-0.2, -0.15) is 0 Å². The van der Waals surface area contributed by atoms with Crippen LogP contribution in [0.3, 0.4) is 0 Å². The van der Waals surface area contributed by atoms with Crippen molar-refractivity contribution in [2.45, 2.75) is 19.8 Å². The minimum atomic E-state index is -3.06. The number of carbonyl (C=O) groups is 1. The summed E-state index contributed by atoms with van der Waals surface area (Å²) >= 11 is 0. The molecular formula is C10H11F3N2O2. The molecule has 0 saturated heterocycles. The maximum absolute atomic E-state index is 13.2. The Hall–Kier alpha value is -1.79. The van der Waals surface area contributed by atoms with Gasteiger partial charge in [0.1, 0.15) is 11.6 Å². The number of nitrogens with two attached hydrogens (primary N) is 1. The number of hydrogen-bond acceptors (Lipinski definition) is 4. The molecule has 0 fully saturated rings. The van der Waals surface area contributed by atoms with Crippen LogP contribution in [0, 0.1) is 5.82 Å². The van der Waals surface area contributed by atoms with Gasteiger partial charge in [0, 0.05) is 6.07 Å². The van der Waals surface area contributed by atoms with Crippen LogP contribution in [0.4, 0.5) is 19.0 Å². The molecule has 0 unspecified atom stereocenters. The zero-order chi connectivity index (χ0) is 13.0. The third-order valence-electron chi connectivity index (χ3n) is 1.94. The van der Waals surface area contributed by atoms with Crippen LogP contribution in [-0.4, -0.2) is 17.6 Å². The first-order valence-electron chi connectivity index (χ1n) is 4.84. The van der Waals surface area contributed by atoms with Crippen molar-refractivity contribution in [3.8, 4) is 0 Å². The van der Waals surface area contributed by atoms with Crippen molar-refractivity contribution in [3.63, 3.8) is 0 Å². The summed E-state index contributed by atoms with van der Waals surface area (Å²) in [7, 11) is 0. The fraction of sp³-hybridized carbons (Fsp3) is 0.400. The van der Waals surface area contributed by atoms with Crippen molar-refractivity contribution in [1.29, 1.82) is 0 Å². The zero-order valence-electron chi connectivity index (χ0n) is 9.04. The second-order valence-electron chi connectivity index (χ2n) is 3.17. The van der Waals surface area contributed by atoms with E-state index in [4.69, 9.17) is 5.73 Å². The number of rotatable bonds is 4. The number of ether oxygens (including phenoxy) is 1. The number of halogens is 3. The van der Waals surface area contributed by atoms with Gasteiger partial charge in [0.25, 0.3) is 6.43 Å². The first-order chi connectivity index (χ1) is 7.95. The molecule has 0 spiro atoms. The zero-order valence-corrected chi connectivity index (χ0v) is 9.04. The number of alkyl halides is 2. The Kier molecular flexibility index (Phi) is 4.30. The summed E-state index contributed by atoms with van der Waals surface area (Å²) in [4.78, 5) is 14.7. The summed E-state index contributed by atoms with van der Waals surface area (Å²) < 4.78 is 43.0. The Morgan fingerprint density at radius 1 is 1.59 bits per heavy atom. The van der Waals surface area contributed by atoms with E-state index in [1.54, 1.807) is 6.92 Å². The van der Waals surface area contributed by atoms with Crippen LogP contribution in [0.25, 0.3) is 0 Å². The average Bonchev–Trinajstić information content (AvgIpc) is 2.15. The van der Waals surface area contributed by atoms with Gasteiger partial charge in [0.15, 0.2) is 0 Å². The van der Waals surface area contributed by atoms with Crippen LogP contribution < -0.4 is 5.73 Å². The Morgan fingerprint density at radius 2 is 2.24 bits per heavy atom. The van der Waals surface area contributed by atoms with E-state index >= 15 is 0 Å². The predicted molar refractivity (Wildman–Crippen MR) is 53.9 cm³/mol. The topological polar surface area (TPSA) is 65.2 Å². The smallest absolute Gasteiger partial charge is 0.311 e. The molecule has 2 N–H and O–H groups in total. The first kappa shape index (κ1) is 13.3. The Morgan fingerprint density at radius 3 is 2.76 bits per heavy atom. The Bertz CT molecular complexity index is 424. The van der Waals surface area contributed by atoms with Crippen LogP contribution in [0.15, 0.2) is 6.07 Å². The van der Waals surface area contributed by atoms with Gasteiger partial charge in [-0.3, -0.25) is 4.79 Å². The molecule has 7 heteroatoms. The van der Waals surface area contributed by atoms with Crippen molar-refractivity contribution in [1.82, 2.24) is 4.98 Å². The largest absolute Gasteiger partial charge is 0.466 e.